The molecule has 0 N–H and O–H groups in total. The first-order chi connectivity index (χ1) is 9.25. The molecule has 102 valence electrons. The van der Waals surface area contributed by atoms with Gasteiger partial charge in [-0.2, -0.15) is 0 Å². The van der Waals surface area contributed by atoms with Crippen LogP contribution in [-0.4, -0.2) is 52.4 Å². The van der Waals surface area contributed by atoms with Crippen LogP contribution in [-0.2, 0) is 0 Å². The van der Waals surface area contributed by atoms with Crippen LogP contribution in [0.3, 0.4) is 0 Å². The topological polar surface area (TPSA) is 36.4 Å². The lowest BCUT2D eigenvalue weighted by molar-refractivity contribution is 0.00212. The van der Waals surface area contributed by atoms with E-state index in [1.54, 1.807) is 24.5 Å². The van der Waals surface area contributed by atoms with Gasteiger partial charge in [-0.25, -0.2) is 0 Å². The van der Waals surface area contributed by atoms with E-state index in [9.17, 15) is 4.79 Å². The Kier molecular flexibility index (Phi) is 3.51. The molecule has 19 heavy (non-hydrogen) atoms. The Morgan fingerprint density at radius 3 is 2.68 bits per heavy atom. The third-order valence-electron chi connectivity index (χ3n) is 4.40. The number of rotatable bonds is 2. The monoisotopic (exact) mass is 259 g/mol. The van der Waals surface area contributed by atoms with E-state index < -0.39 is 0 Å². The molecule has 1 atom stereocenters. The Morgan fingerprint density at radius 2 is 2.00 bits per heavy atom. The van der Waals surface area contributed by atoms with Gasteiger partial charge in [0, 0.05) is 43.1 Å². The molecular weight excluding hydrogens is 238 g/mol. The van der Waals surface area contributed by atoms with Crippen LogP contribution in [0.15, 0.2) is 24.5 Å². The lowest BCUT2D eigenvalue weighted by atomic mass is 9.97. The summed E-state index contributed by atoms with van der Waals surface area (Å²) in [5.41, 5.74) is 0.750. The highest BCUT2D eigenvalue weighted by Gasteiger charge is 2.37. The van der Waals surface area contributed by atoms with Crippen LogP contribution in [0.2, 0.25) is 0 Å². The SMILES string of the molecule is C[C@H]1CCCCN1C1CN(C(=O)c2ccncc2)C1. The van der Waals surface area contributed by atoms with Crippen molar-refractivity contribution in [2.24, 2.45) is 0 Å². The zero-order valence-corrected chi connectivity index (χ0v) is 11.5. The van der Waals surface area contributed by atoms with Gasteiger partial charge in [0.25, 0.3) is 5.91 Å². The molecule has 1 amide bonds. The van der Waals surface area contributed by atoms with Crippen LogP contribution < -0.4 is 0 Å². The van der Waals surface area contributed by atoms with Gasteiger partial charge in [-0.3, -0.25) is 14.7 Å². The number of carbonyl (C=O) groups excluding carboxylic acids is 1. The highest BCUT2D eigenvalue weighted by molar-refractivity contribution is 5.94. The van der Waals surface area contributed by atoms with Crippen molar-refractivity contribution in [3.8, 4) is 0 Å². The average molecular weight is 259 g/mol. The summed E-state index contributed by atoms with van der Waals surface area (Å²) in [5, 5.41) is 0. The van der Waals surface area contributed by atoms with Crippen LogP contribution in [0.25, 0.3) is 0 Å². The summed E-state index contributed by atoms with van der Waals surface area (Å²) in [6, 6.07) is 4.83. The molecule has 1 aromatic rings. The molecule has 0 aromatic carbocycles. The summed E-state index contributed by atoms with van der Waals surface area (Å²) < 4.78 is 0. The Labute approximate surface area is 114 Å². The molecule has 3 rings (SSSR count). The normalized spacial score (nSPS) is 25.1. The standard InChI is InChI=1S/C15H21N3O/c1-12-4-2-3-9-18(12)14-10-17(11-14)15(19)13-5-7-16-8-6-13/h5-8,12,14H,2-4,9-11H2,1H3/t12-/m0/s1. The fraction of sp³-hybridized carbons (Fsp3) is 0.600. The maximum atomic E-state index is 12.2. The summed E-state index contributed by atoms with van der Waals surface area (Å²) >= 11 is 0. The average Bonchev–Trinajstić information content (AvgIpc) is 2.40. The van der Waals surface area contributed by atoms with Gasteiger partial charge >= 0.3 is 0 Å². The second kappa shape index (κ2) is 5.29. The number of likely N-dealkylation sites (tertiary alicyclic amines) is 2. The number of aromatic nitrogens is 1. The third-order valence-corrected chi connectivity index (χ3v) is 4.40. The molecule has 0 spiro atoms. The number of hydrogen-bond donors (Lipinski definition) is 0. The molecular formula is C15H21N3O. The van der Waals surface area contributed by atoms with Gasteiger partial charge in [-0.05, 0) is 38.4 Å². The summed E-state index contributed by atoms with van der Waals surface area (Å²) in [5.74, 6) is 0.142. The van der Waals surface area contributed by atoms with Crippen molar-refractivity contribution < 1.29 is 4.79 Å². The van der Waals surface area contributed by atoms with E-state index in [4.69, 9.17) is 0 Å². The minimum atomic E-state index is 0.142. The van der Waals surface area contributed by atoms with E-state index in [-0.39, 0.29) is 5.91 Å². The molecule has 2 aliphatic heterocycles. The molecule has 1 aromatic heterocycles. The first-order valence-corrected chi connectivity index (χ1v) is 7.21. The maximum absolute atomic E-state index is 12.2. The Balaban J connectivity index is 1.56. The van der Waals surface area contributed by atoms with Crippen molar-refractivity contribution in [3.05, 3.63) is 30.1 Å². The van der Waals surface area contributed by atoms with Crippen molar-refractivity contribution in [1.29, 1.82) is 0 Å². The molecule has 4 nitrogen and oxygen atoms in total. The summed E-state index contributed by atoms with van der Waals surface area (Å²) in [7, 11) is 0. The number of amides is 1. The molecule has 0 radical (unpaired) electrons. The summed E-state index contributed by atoms with van der Waals surface area (Å²) in [6.45, 7) is 5.27. The molecule has 2 aliphatic rings. The number of carbonyl (C=O) groups is 1. The minimum Gasteiger partial charge on any atom is -0.335 e. The van der Waals surface area contributed by atoms with E-state index in [2.05, 4.69) is 16.8 Å². The molecule has 3 heterocycles. The second-order valence-corrected chi connectivity index (χ2v) is 5.68. The van der Waals surface area contributed by atoms with Gasteiger partial charge in [-0.1, -0.05) is 6.42 Å². The van der Waals surface area contributed by atoms with Crippen molar-refractivity contribution in [2.75, 3.05) is 19.6 Å². The van der Waals surface area contributed by atoms with E-state index in [1.807, 2.05) is 4.90 Å². The van der Waals surface area contributed by atoms with Crippen LogP contribution in [0, 0.1) is 0 Å². The van der Waals surface area contributed by atoms with E-state index >= 15 is 0 Å². The van der Waals surface area contributed by atoms with Crippen molar-refractivity contribution in [1.82, 2.24) is 14.8 Å². The predicted octanol–water partition coefficient (Wildman–Crippen LogP) is 1.78. The summed E-state index contributed by atoms with van der Waals surface area (Å²) in [6.07, 6.45) is 7.31. The Bertz CT molecular complexity index is 442. The largest absolute Gasteiger partial charge is 0.335 e. The third kappa shape index (κ3) is 2.50. The fourth-order valence-corrected chi connectivity index (χ4v) is 3.17. The quantitative estimate of drug-likeness (QED) is 0.812. The maximum Gasteiger partial charge on any atom is 0.254 e. The molecule has 0 bridgehead atoms. The van der Waals surface area contributed by atoms with Crippen LogP contribution in [0.4, 0.5) is 0 Å². The van der Waals surface area contributed by atoms with Gasteiger partial charge in [0.1, 0.15) is 0 Å². The van der Waals surface area contributed by atoms with Crippen LogP contribution in [0.5, 0.6) is 0 Å². The number of hydrogen-bond acceptors (Lipinski definition) is 3. The molecule has 0 saturated carbocycles. The number of nitrogens with zero attached hydrogens (tertiary/aromatic N) is 3. The smallest absolute Gasteiger partial charge is 0.254 e. The van der Waals surface area contributed by atoms with E-state index in [0.29, 0.717) is 12.1 Å². The first kappa shape index (κ1) is 12.6. The van der Waals surface area contributed by atoms with Crippen molar-refractivity contribution in [2.45, 2.75) is 38.3 Å². The minimum absolute atomic E-state index is 0.142. The van der Waals surface area contributed by atoms with Gasteiger partial charge in [0.05, 0.1) is 0 Å². The van der Waals surface area contributed by atoms with Crippen molar-refractivity contribution in [3.63, 3.8) is 0 Å². The molecule has 2 saturated heterocycles. The van der Waals surface area contributed by atoms with E-state index in [1.165, 1.54) is 25.8 Å². The lowest BCUT2D eigenvalue weighted by Crippen LogP contribution is -2.63. The second-order valence-electron chi connectivity index (χ2n) is 5.68. The van der Waals surface area contributed by atoms with Crippen molar-refractivity contribution >= 4 is 5.91 Å². The molecule has 0 aliphatic carbocycles. The van der Waals surface area contributed by atoms with Crippen LogP contribution >= 0.6 is 0 Å². The van der Waals surface area contributed by atoms with Crippen LogP contribution in [0.1, 0.15) is 36.5 Å². The molecule has 0 unspecified atom stereocenters. The van der Waals surface area contributed by atoms with Gasteiger partial charge in [0.2, 0.25) is 0 Å². The number of pyridine rings is 1. The molecule has 2 fully saturated rings. The Morgan fingerprint density at radius 1 is 1.26 bits per heavy atom. The lowest BCUT2D eigenvalue weighted by Gasteiger charge is -2.49. The fourth-order valence-electron chi connectivity index (χ4n) is 3.17. The Hall–Kier alpha value is -1.42. The predicted molar refractivity (Wildman–Crippen MR) is 73.9 cm³/mol. The first-order valence-electron chi connectivity index (χ1n) is 7.21. The summed E-state index contributed by atoms with van der Waals surface area (Å²) in [4.78, 5) is 20.7. The van der Waals surface area contributed by atoms with Gasteiger partial charge < -0.3 is 4.90 Å². The highest BCUT2D eigenvalue weighted by atomic mass is 16.2. The zero-order chi connectivity index (χ0) is 13.2. The van der Waals surface area contributed by atoms with Gasteiger partial charge in [-0.15, -0.1) is 0 Å². The van der Waals surface area contributed by atoms with Gasteiger partial charge in [0.15, 0.2) is 0 Å². The highest BCUT2D eigenvalue weighted by Crippen LogP contribution is 2.25. The number of piperidine rings is 1. The van der Waals surface area contributed by atoms with E-state index in [0.717, 1.165) is 18.7 Å². The molecule has 4 heteroatoms. The zero-order valence-electron chi connectivity index (χ0n) is 11.5.